The SMILES string of the molecule is CC/C=C\C/C=C\C/C=C\C/C=C\C/C=C\C/C=C\CCCCCCCCCCCCCCC(=O)NC(COC1OC(CO)C(OC2OC(CO)C(OC3OC(CO)C(O)C(O)C3O)C(O)C2O)C(O)C1O)C(O)/C=C/CCCCCCCCCCCCCCCCCCCCCC. The van der Waals surface area contributed by atoms with Gasteiger partial charge in [0, 0.05) is 6.42 Å². The molecule has 3 aliphatic heterocycles. The van der Waals surface area contributed by atoms with Crippen molar-refractivity contribution in [1.82, 2.24) is 5.32 Å². The van der Waals surface area contributed by atoms with Gasteiger partial charge in [-0.3, -0.25) is 4.79 Å². The second kappa shape index (κ2) is 59.4. The van der Waals surface area contributed by atoms with Gasteiger partial charge in [0.05, 0.1) is 38.6 Å². The summed E-state index contributed by atoms with van der Waals surface area (Å²) in [7, 11) is 0. The molecule has 0 aromatic heterocycles. The van der Waals surface area contributed by atoms with Crippen LogP contribution in [0, 0.1) is 0 Å². The summed E-state index contributed by atoms with van der Waals surface area (Å²) in [6, 6.07) is -0.980. The van der Waals surface area contributed by atoms with Crippen LogP contribution in [-0.2, 0) is 33.2 Å². The molecule has 0 saturated carbocycles. The number of nitrogens with one attached hydrogen (secondary N) is 1. The summed E-state index contributed by atoms with van der Waals surface area (Å²) in [5, 5.41) is 121. The Labute approximate surface area is 590 Å². The summed E-state index contributed by atoms with van der Waals surface area (Å²) in [4.78, 5) is 13.5. The number of carbonyl (C=O) groups is 1. The largest absolute Gasteiger partial charge is 0.394 e. The van der Waals surface area contributed by atoms with E-state index in [4.69, 9.17) is 28.4 Å². The monoisotopic (exact) mass is 1390 g/mol. The summed E-state index contributed by atoms with van der Waals surface area (Å²) in [6.45, 7) is 1.64. The van der Waals surface area contributed by atoms with E-state index >= 15 is 0 Å². The molecule has 0 aliphatic carbocycles. The maximum atomic E-state index is 13.5. The molecule has 0 aromatic rings. The van der Waals surface area contributed by atoms with Crippen LogP contribution < -0.4 is 5.32 Å². The van der Waals surface area contributed by atoms with Gasteiger partial charge in [-0.05, 0) is 70.6 Å². The molecule has 0 spiro atoms. The molecule has 98 heavy (non-hydrogen) atoms. The van der Waals surface area contributed by atoms with Gasteiger partial charge >= 0.3 is 0 Å². The minimum Gasteiger partial charge on any atom is -0.394 e. The van der Waals surface area contributed by atoms with Gasteiger partial charge in [-0.15, -0.1) is 0 Å². The Bertz CT molecular complexity index is 2100. The highest BCUT2D eigenvalue weighted by molar-refractivity contribution is 5.76. The lowest BCUT2D eigenvalue weighted by Crippen LogP contribution is -2.66. The Balaban J connectivity index is 1.39. The summed E-state index contributed by atoms with van der Waals surface area (Å²) < 4.78 is 34.4. The smallest absolute Gasteiger partial charge is 0.220 e. The van der Waals surface area contributed by atoms with E-state index in [1.165, 1.54) is 154 Å². The number of unbranched alkanes of at least 4 members (excludes halogenated alkanes) is 32. The highest BCUT2D eigenvalue weighted by Gasteiger charge is 2.53. The van der Waals surface area contributed by atoms with Crippen LogP contribution in [0.4, 0.5) is 0 Å². The Morgan fingerprint density at radius 1 is 0.378 bits per heavy atom. The predicted octanol–water partition coefficient (Wildman–Crippen LogP) is 12.2. The molecule has 19 heteroatoms. The first-order valence-corrected chi connectivity index (χ1v) is 38.8. The van der Waals surface area contributed by atoms with Crippen LogP contribution in [-0.4, -0.2) is 193 Å². The number of aliphatic hydroxyl groups is 11. The highest BCUT2D eigenvalue weighted by atomic mass is 16.8. The first-order chi connectivity index (χ1) is 47.8. The van der Waals surface area contributed by atoms with E-state index in [1.54, 1.807) is 6.08 Å². The zero-order valence-electron chi connectivity index (χ0n) is 60.5. The van der Waals surface area contributed by atoms with Gasteiger partial charge in [-0.25, -0.2) is 0 Å². The highest BCUT2D eigenvalue weighted by Crippen LogP contribution is 2.33. The standard InChI is InChI=1S/C79H139NO18/c1-3-5-7-9-11-13-15-17-19-21-23-25-27-28-29-30-31-32-33-34-35-37-39-41-43-45-47-49-51-53-55-57-67(85)80-62(63(84)56-54-52-50-48-46-44-42-40-38-36-26-24-22-20-18-16-14-12-10-8-6-4-2)61-93-77-73(91)70(88)75(65(59-82)95-77)98-79-74(92)71(89)76(66(60-83)96-79)97-78-72(90)69(87)68(86)64(58-81)94-78/h5,7,11,13,17,19,23,25,28-29,31-32,54,56,62-66,68-79,81-84,86-92H,3-4,6,8-10,12,14-16,18,20-22,24,26-27,30,33-53,55,57-61H2,1-2H3,(H,80,85)/b7-5-,13-11-,19-17-,25-23-,29-28-,32-31-,56-54+. The molecule has 1 amide bonds. The van der Waals surface area contributed by atoms with Crippen molar-refractivity contribution in [3.8, 4) is 0 Å². The van der Waals surface area contributed by atoms with Crippen molar-refractivity contribution in [2.24, 2.45) is 0 Å². The molecule has 0 radical (unpaired) electrons. The van der Waals surface area contributed by atoms with Crippen molar-refractivity contribution < 1.29 is 89.4 Å². The van der Waals surface area contributed by atoms with Gasteiger partial charge in [0.15, 0.2) is 18.9 Å². The van der Waals surface area contributed by atoms with Crippen LogP contribution >= 0.6 is 0 Å². The number of allylic oxidation sites excluding steroid dienone is 13. The number of aliphatic hydroxyl groups excluding tert-OH is 11. The van der Waals surface area contributed by atoms with Gasteiger partial charge < -0.3 is 89.9 Å². The van der Waals surface area contributed by atoms with Gasteiger partial charge in [0.2, 0.25) is 5.91 Å². The summed E-state index contributed by atoms with van der Waals surface area (Å²) in [5.74, 6) is -0.278. The lowest BCUT2D eigenvalue weighted by Gasteiger charge is -2.48. The maximum Gasteiger partial charge on any atom is 0.220 e. The fraction of sp³-hybridized carbons (Fsp3) is 0.810. The molecule has 17 atom stereocenters. The number of carbonyl (C=O) groups excluding carboxylic acids is 1. The number of hydrogen-bond donors (Lipinski definition) is 12. The summed E-state index contributed by atoms with van der Waals surface area (Å²) >= 11 is 0. The van der Waals surface area contributed by atoms with Crippen LogP contribution in [0.5, 0.6) is 0 Å². The normalized spacial score (nSPS) is 27.2. The van der Waals surface area contributed by atoms with Crippen LogP contribution in [0.25, 0.3) is 0 Å². The predicted molar refractivity (Wildman–Crippen MR) is 388 cm³/mol. The Morgan fingerprint density at radius 2 is 0.704 bits per heavy atom. The third kappa shape index (κ3) is 39.6. The third-order valence-electron chi connectivity index (χ3n) is 18.9. The molecule has 3 aliphatic rings. The zero-order valence-corrected chi connectivity index (χ0v) is 60.5. The van der Waals surface area contributed by atoms with Gasteiger partial charge in [-0.1, -0.05) is 285 Å². The molecule has 3 rings (SSSR count). The van der Waals surface area contributed by atoms with E-state index < -0.39 is 124 Å². The average molecular weight is 1390 g/mol. The topological polar surface area (TPSA) is 307 Å². The minimum absolute atomic E-state index is 0.237. The summed E-state index contributed by atoms with van der Waals surface area (Å²) in [5.41, 5.74) is 0. The van der Waals surface area contributed by atoms with Crippen molar-refractivity contribution in [2.75, 3.05) is 26.4 Å². The van der Waals surface area contributed by atoms with E-state index in [0.29, 0.717) is 6.42 Å². The van der Waals surface area contributed by atoms with Gasteiger partial charge in [0.25, 0.3) is 0 Å². The van der Waals surface area contributed by atoms with E-state index in [-0.39, 0.29) is 18.9 Å². The number of hydrogen-bond acceptors (Lipinski definition) is 18. The quantitative estimate of drug-likeness (QED) is 0.0199. The first-order valence-electron chi connectivity index (χ1n) is 38.8. The van der Waals surface area contributed by atoms with Crippen LogP contribution in [0.1, 0.15) is 277 Å². The lowest BCUT2D eigenvalue weighted by atomic mass is 9.96. The fourth-order valence-electron chi connectivity index (χ4n) is 12.7. The van der Waals surface area contributed by atoms with Crippen molar-refractivity contribution in [3.63, 3.8) is 0 Å². The molecule has 0 aromatic carbocycles. The first kappa shape index (κ1) is 89.2. The second-order valence-electron chi connectivity index (χ2n) is 27.4. The Hall–Kier alpha value is -3.03. The van der Waals surface area contributed by atoms with Crippen LogP contribution in [0.3, 0.4) is 0 Å². The zero-order chi connectivity index (χ0) is 71.1. The van der Waals surface area contributed by atoms with E-state index in [0.717, 1.165) is 96.3 Å². The number of rotatable bonds is 60. The summed E-state index contributed by atoms with van der Waals surface area (Å²) in [6.07, 6.45) is 51.2. The molecular weight excluding hydrogens is 1250 g/mol. The van der Waals surface area contributed by atoms with Crippen LogP contribution in [0.15, 0.2) is 85.1 Å². The van der Waals surface area contributed by atoms with Gasteiger partial charge in [-0.2, -0.15) is 0 Å². The number of ether oxygens (including phenoxy) is 6. The Kier molecular flexibility index (Phi) is 54.0. The molecular formula is C79H139NO18. The Morgan fingerprint density at radius 3 is 1.10 bits per heavy atom. The molecule has 12 N–H and O–H groups in total. The van der Waals surface area contributed by atoms with Crippen molar-refractivity contribution in [1.29, 1.82) is 0 Å². The maximum absolute atomic E-state index is 13.5. The third-order valence-corrected chi connectivity index (χ3v) is 18.9. The molecule has 3 heterocycles. The van der Waals surface area contributed by atoms with Crippen molar-refractivity contribution in [3.05, 3.63) is 85.1 Å². The molecule has 3 saturated heterocycles. The van der Waals surface area contributed by atoms with E-state index in [2.05, 4.69) is 92.1 Å². The average Bonchev–Trinajstić information content (AvgIpc) is 0.785. The fourth-order valence-corrected chi connectivity index (χ4v) is 12.7. The van der Waals surface area contributed by atoms with E-state index in [1.807, 2.05) is 6.08 Å². The molecule has 0 bridgehead atoms. The van der Waals surface area contributed by atoms with E-state index in [9.17, 15) is 61.0 Å². The second-order valence-corrected chi connectivity index (χ2v) is 27.4. The van der Waals surface area contributed by atoms with Crippen molar-refractivity contribution >= 4 is 5.91 Å². The van der Waals surface area contributed by atoms with Crippen molar-refractivity contribution in [2.45, 2.75) is 381 Å². The van der Waals surface area contributed by atoms with Crippen LogP contribution in [0.2, 0.25) is 0 Å². The minimum atomic E-state index is -1.98. The molecule has 3 fully saturated rings. The molecule has 568 valence electrons. The number of amides is 1. The van der Waals surface area contributed by atoms with Gasteiger partial charge in [0.1, 0.15) is 73.2 Å². The lowest BCUT2D eigenvalue weighted by molar-refractivity contribution is -0.379. The molecule has 17 unspecified atom stereocenters. The molecule has 19 nitrogen and oxygen atoms in total.